The van der Waals surface area contributed by atoms with Crippen molar-refractivity contribution in [3.05, 3.63) is 47.0 Å². The molecule has 0 atom stereocenters. The molecule has 3 heteroatoms. The van der Waals surface area contributed by atoms with Crippen molar-refractivity contribution in [2.75, 3.05) is 12.4 Å². The van der Waals surface area contributed by atoms with E-state index >= 15 is 0 Å². The fourth-order valence-corrected chi connectivity index (χ4v) is 2.03. The molecule has 0 unspecified atom stereocenters. The Hall–Kier alpha value is -0.540. The fraction of sp³-hybridized carbons (Fsp3) is 0.167. The zero-order valence-corrected chi connectivity index (χ0v) is 11.6. The third kappa shape index (κ3) is 3.50. The number of hydrogen-bond acceptors (Lipinski definition) is 1. The summed E-state index contributed by atoms with van der Waals surface area (Å²) in [5.74, 6) is 0.872. The lowest BCUT2D eigenvalue weighted by Crippen LogP contribution is -1.92. The molecular formula is C12H12Br2O. The minimum atomic E-state index is 0.762. The molecule has 0 saturated carbocycles. The van der Waals surface area contributed by atoms with Crippen LogP contribution in [0.2, 0.25) is 0 Å². The van der Waals surface area contributed by atoms with E-state index in [0.29, 0.717) is 0 Å². The van der Waals surface area contributed by atoms with Crippen molar-refractivity contribution < 1.29 is 4.74 Å². The van der Waals surface area contributed by atoms with Gasteiger partial charge in [0.15, 0.2) is 0 Å². The Kier molecular flexibility index (Phi) is 5.12. The van der Waals surface area contributed by atoms with Gasteiger partial charge in [0, 0.05) is 15.4 Å². The molecule has 15 heavy (non-hydrogen) atoms. The Labute approximate surface area is 107 Å². The molecule has 0 aromatic heterocycles. The van der Waals surface area contributed by atoms with Crippen LogP contribution in [-0.4, -0.2) is 12.4 Å². The molecule has 1 rings (SSSR count). The molecule has 0 N–H and O–H groups in total. The Morgan fingerprint density at radius 3 is 2.67 bits per heavy atom. The third-order valence-corrected chi connectivity index (χ3v) is 2.76. The predicted molar refractivity (Wildman–Crippen MR) is 72.8 cm³/mol. The lowest BCUT2D eigenvalue weighted by molar-refractivity contribution is 0.413. The van der Waals surface area contributed by atoms with Gasteiger partial charge in [-0.05, 0) is 17.7 Å². The summed E-state index contributed by atoms with van der Waals surface area (Å²) in [5.41, 5.74) is 2.21. The van der Waals surface area contributed by atoms with Gasteiger partial charge in [-0.25, -0.2) is 0 Å². The van der Waals surface area contributed by atoms with Gasteiger partial charge < -0.3 is 4.74 Å². The number of methoxy groups -OCH3 is 1. The number of halogens is 2. The van der Waals surface area contributed by atoms with Crippen molar-refractivity contribution >= 4 is 37.4 Å². The normalized spacial score (nSPS) is 11.3. The van der Waals surface area contributed by atoms with E-state index < -0.39 is 0 Å². The minimum Gasteiger partial charge on any atom is -0.496 e. The summed E-state index contributed by atoms with van der Waals surface area (Å²) in [4.78, 5) is 0. The molecule has 0 aliphatic carbocycles. The monoisotopic (exact) mass is 330 g/mol. The largest absolute Gasteiger partial charge is 0.496 e. The van der Waals surface area contributed by atoms with Crippen LogP contribution >= 0.6 is 31.9 Å². The van der Waals surface area contributed by atoms with E-state index in [-0.39, 0.29) is 0 Å². The van der Waals surface area contributed by atoms with Crippen LogP contribution in [0.1, 0.15) is 5.56 Å². The highest BCUT2D eigenvalue weighted by Gasteiger charge is 2.06. The number of rotatable bonds is 4. The summed E-state index contributed by atoms with van der Waals surface area (Å²) in [5, 5.41) is 0.762. The molecule has 1 nitrogen and oxygen atoms in total. The molecule has 0 bridgehead atoms. The fourth-order valence-electron chi connectivity index (χ4n) is 1.29. The molecule has 1 aromatic carbocycles. The van der Waals surface area contributed by atoms with Gasteiger partial charge in [-0.3, -0.25) is 0 Å². The second kappa shape index (κ2) is 6.13. The number of allylic oxidation sites excluding steroid dienone is 3. The first-order valence-corrected chi connectivity index (χ1v) is 6.34. The van der Waals surface area contributed by atoms with Crippen molar-refractivity contribution in [3.63, 3.8) is 0 Å². The quantitative estimate of drug-likeness (QED) is 0.587. The van der Waals surface area contributed by atoms with E-state index in [1.54, 1.807) is 7.11 Å². The lowest BCUT2D eigenvalue weighted by atomic mass is 10.1. The maximum Gasteiger partial charge on any atom is 0.126 e. The van der Waals surface area contributed by atoms with Crippen molar-refractivity contribution in [2.24, 2.45) is 0 Å². The standard InChI is InChI=1S/C12H12Br2O/c1-9(14)7-10(8-13)11-5-3-4-6-12(11)15-2/h3-7H,1,8H2,2H3/b10-7+. The second-order valence-corrected chi connectivity index (χ2v) is 4.53. The zero-order chi connectivity index (χ0) is 11.3. The minimum absolute atomic E-state index is 0.762. The van der Waals surface area contributed by atoms with E-state index in [4.69, 9.17) is 4.74 Å². The number of ether oxygens (including phenoxy) is 1. The van der Waals surface area contributed by atoms with Gasteiger partial charge in [0.2, 0.25) is 0 Å². The second-order valence-electron chi connectivity index (χ2n) is 2.95. The maximum absolute atomic E-state index is 5.30. The van der Waals surface area contributed by atoms with Crippen LogP contribution in [0.3, 0.4) is 0 Å². The highest BCUT2D eigenvalue weighted by Crippen LogP contribution is 2.28. The van der Waals surface area contributed by atoms with Gasteiger partial charge in [0.1, 0.15) is 5.75 Å². The van der Waals surface area contributed by atoms with Crippen molar-refractivity contribution in [3.8, 4) is 5.75 Å². The van der Waals surface area contributed by atoms with Gasteiger partial charge >= 0.3 is 0 Å². The van der Waals surface area contributed by atoms with Gasteiger partial charge in [-0.1, -0.05) is 56.6 Å². The Morgan fingerprint density at radius 1 is 1.47 bits per heavy atom. The number of alkyl halides is 1. The maximum atomic E-state index is 5.30. The summed E-state index contributed by atoms with van der Waals surface area (Å²) in [7, 11) is 1.67. The highest BCUT2D eigenvalue weighted by atomic mass is 79.9. The van der Waals surface area contributed by atoms with Crippen LogP contribution in [0, 0.1) is 0 Å². The van der Waals surface area contributed by atoms with E-state index in [1.807, 2.05) is 30.3 Å². The highest BCUT2D eigenvalue weighted by molar-refractivity contribution is 9.11. The van der Waals surface area contributed by atoms with Crippen LogP contribution in [0.5, 0.6) is 5.75 Å². The molecule has 0 saturated heterocycles. The Bertz CT molecular complexity index is 383. The lowest BCUT2D eigenvalue weighted by Gasteiger charge is -2.09. The van der Waals surface area contributed by atoms with Gasteiger partial charge in [-0.15, -0.1) is 0 Å². The summed E-state index contributed by atoms with van der Waals surface area (Å²) in [6, 6.07) is 7.92. The summed E-state index contributed by atoms with van der Waals surface area (Å²) in [6.07, 6.45) is 1.98. The first-order valence-electron chi connectivity index (χ1n) is 4.43. The molecular weight excluding hydrogens is 320 g/mol. The smallest absolute Gasteiger partial charge is 0.126 e. The van der Waals surface area contributed by atoms with Crippen molar-refractivity contribution in [2.45, 2.75) is 0 Å². The summed E-state index contributed by atoms with van der Waals surface area (Å²) >= 11 is 6.79. The van der Waals surface area contributed by atoms with Crippen molar-refractivity contribution in [1.29, 1.82) is 0 Å². The molecule has 0 aliphatic rings. The SMILES string of the molecule is C=C(Br)/C=C(\CBr)c1ccccc1OC. The molecule has 0 radical (unpaired) electrons. The van der Waals surface area contributed by atoms with E-state index in [2.05, 4.69) is 38.4 Å². The molecule has 1 aromatic rings. The van der Waals surface area contributed by atoms with Crippen LogP contribution in [0.25, 0.3) is 5.57 Å². The molecule has 0 heterocycles. The van der Waals surface area contributed by atoms with Crippen LogP contribution < -0.4 is 4.74 Å². The van der Waals surface area contributed by atoms with Gasteiger partial charge in [0.05, 0.1) is 7.11 Å². The van der Waals surface area contributed by atoms with Crippen LogP contribution in [0.15, 0.2) is 41.4 Å². The number of benzene rings is 1. The topological polar surface area (TPSA) is 9.23 Å². The molecule has 0 aliphatic heterocycles. The number of para-hydroxylation sites is 1. The number of hydrogen-bond donors (Lipinski definition) is 0. The third-order valence-electron chi connectivity index (χ3n) is 1.93. The summed E-state index contributed by atoms with van der Waals surface area (Å²) in [6.45, 7) is 3.80. The molecule has 0 amide bonds. The van der Waals surface area contributed by atoms with Crippen LogP contribution in [-0.2, 0) is 0 Å². The Balaban J connectivity index is 3.17. The summed E-state index contributed by atoms with van der Waals surface area (Å²) < 4.78 is 6.15. The zero-order valence-electron chi connectivity index (χ0n) is 8.47. The van der Waals surface area contributed by atoms with Gasteiger partial charge in [0.25, 0.3) is 0 Å². The molecule has 80 valence electrons. The first kappa shape index (κ1) is 12.5. The average Bonchev–Trinajstić information content (AvgIpc) is 2.25. The first-order chi connectivity index (χ1) is 7.19. The molecule has 0 fully saturated rings. The van der Waals surface area contributed by atoms with Crippen molar-refractivity contribution in [1.82, 2.24) is 0 Å². The van der Waals surface area contributed by atoms with E-state index in [9.17, 15) is 0 Å². The predicted octanol–water partition coefficient (Wildman–Crippen LogP) is 4.38. The van der Waals surface area contributed by atoms with Crippen LogP contribution in [0.4, 0.5) is 0 Å². The average molecular weight is 332 g/mol. The molecule has 0 spiro atoms. The van der Waals surface area contributed by atoms with E-state index in [1.165, 1.54) is 0 Å². The van der Waals surface area contributed by atoms with Gasteiger partial charge in [-0.2, -0.15) is 0 Å². The van der Waals surface area contributed by atoms with E-state index in [0.717, 1.165) is 26.7 Å². The Morgan fingerprint density at radius 2 is 2.13 bits per heavy atom.